The second-order valence-corrected chi connectivity index (χ2v) is 8.56. The third kappa shape index (κ3) is 3.44. The minimum Gasteiger partial charge on any atom is -0.497 e. The van der Waals surface area contributed by atoms with Gasteiger partial charge in [0.05, 0.1) is 12.8 Å². The van der Waals surface area contributed by atoms with Crippen molar-refractivity contribution in [3.63, 3.8) is 0 Å². The lowest BCUT2D eigenvalue weighted by molar-refractivity contribution is -0.129. The van der Waals surface area contributed by atoms with Crippen molar-refractivity contribution in [2.45, 2.75) is 51.9 Å². The zero-order valence-corrected chi connectivity index (χ0v) is 15.3. The first kappa shape index (κ1) is 16.6. The predicted molar refractivity (Wildman–Crippen MR) is 98.6 cm³/mol. The molecule has 4 aliphatic rings. The quantitative estimate of drug-likeness (QED) is 0.647. The zero-order chi connectivity index (χ0) is 17.4. The highest BCUT2D eigenvalue weighted by Crippen LogP contribution is 2.61. The van der Waals surface area contributed by atoms with Gasteiger partial charge in [0.1, 0.15) is 5.75 Å². The highest BCUT2D eigenvalue weighted by Gasteiger charge is 2.51. The number of hydrazone groups is 1. The lowest BCUT2D eigenvalue weighted by Gasteiger charge is -2.56. The summed E-state index contributed by atoms with van der Waals surface area (Å²) in [5.41, 5.74) is 4.83. The van der Waals surface area contributed by atoms with Gasteiger partial charge >= 0.3 is 0 Å². The molecule has 5 rings (SSSR count). The Morgan fingerprint density at radius 1 is 1.20 bits per heavy atom. The van der Waals surface area contributed by atoms with Crippen LogP contribution in [0.15, 0.2) is 29.4 Å². The van der Waals surface area contributed by atoms with E-state index in [2.05, 4.69) is 10.5 Å². The first-order valence-corrected chi connectivity index (χ1v) is 9.53. The summed E-state index contributed by atoms with van der Waals surface area (Å²) in [6.45, 7) is 1.92. The van der Waals surface area contributed by atoms with E-state index in [1.165, 1.54) is 38.5 Å². The maximum Gasteiger partial charge on any atom is 0.240 e. The molecular weight excluding hydrogens is 312 g/mol. The molecule has 1 aromatic rings. The Balaban J connectivity index is 1.39. The van der Waals surface area contributed by atoms with Crippen molar-refractivity contribution in [1.82, 2.24) is 5.43 Å². The van der Waals surface area contributed by atoms with E-state index in [4.69, 9.17) is 4.74 Å². The van der Waals surface area contributed by atoms with E-state index in [-0.39, 0.29) is 11.3 Å². The summed E-state index contributed by atoms with van der Waals surface area (Å²) in [7, 11) is 1.65. The van der Waals surface area contributed by atoms with Gasteiger partial charge in [-0.25, -0.2) is 5.43 Å². The van der Waals surface area contributed by atoms with Crippen LogP contribution in [0.5, 0.6) is 5.75 Å². The Labute approximate surface area is 150 Å². The molecule has 0 aromatic heterocycles. The van der Waals surface area contributed by atoms with Gasteiger partial charge < -0.3 is 4.74 Å². The lowest BCUT2D eigenvalue weighted by Crippen LogP contribution is -2.47. The number of ether oxygens (including phenoxy) is 1. The summed E-state index contributed by atoms with van der Waals surface area (Å²) in [6, 6.07) is 7.75. The molecule has 0 heterocycles. The van der Waals surface area contributed by atoms with Crippen LogP contribution >= 0.6 is 0 Å². The van der Waals surface area contributed by atoms with Crippen LogP contribution in [0.3, 0.4) is 0 Å². The number of methoxy groups -OCH3 is 1. The van der Waals surface area contributed by atoms with Crippen molar-refractivity contribution in [3.05, 3.63) is 29.8 Å². The Hall–Kier alpha value is -1.84. The number of hydrogen-bond acceptors (Lipinski definition) is 3. The second-order valence-electron chi connectivity index (χ2n) is 8.56. The van der Waals surface area contributed by atoms with E-state index in [0.717, 1.165) is 34.8 Å². The summed E-state index contributed by atoms with van der Waals surface area (Å²) in [5.74, 6) is 3.50. The second kappa shape index (κ2) is 6.47. The number of hydrogen-bond donors (Lipinski definition) is 1. The molecule has 4 fully saturated rings. The maximum absolute atomic E-state index is 12.5. The van der Waals surface area contributed by atoms with Gasteiger partial charge in [-0.05, 0) is 80.8 Å². The highest BCUT2D eigenvalue weighted by atomic mass is 16.5. The molecule has 0 atom stereocenters. The average molecular weight is 340 g/mol. The minimum atomic E-state index is 0.0733. The number of carbonyl (C=O) groups excluding carboxylic acids is 1. The number of rotatable bonds is 5. The molecule has 0 spiro atoms. The molecule has 4 nitrogen and oxygen atoms in total. The molecule has 134 valence electrons. The monoisotopic (exact) mass is 340 g/mol. The Morgan fingerprint density at radius 2 is 1.84 bits per heavy atom. The zero-order valence-electron chi connectivity index (χ0n) is 15.3. The number of nitrogens with one attached hydrogen (secondary N) is 1. The molecule has 0 radical (unpaired) electrons. The van der Waals surface area contributed by atoms with Crippen LogP contribution in [0.25, 0.3) is 0 Å². The summed E-state index contributed by atoms with van der Waals surface area (Å²) in [5, 5.41) is 4.33. The maximum atomic E-state index is 12.5. The van der Waals surface area contributed by atoms with Crippen LogP contribution in [0.2, 0.25) is 0 Å². The van der Waals surface area contributed by atoms with Crippen LogP contribution in [0, 0.1) is 23.2 Å². The standard InChI is InChI=1S/C21H28N2O2/c1-14(18-4-3-5-19(9-18)25-2)22-23-20(24)13-21-10-15-6-16(11-21)8-17(7-15)12-21/h3-5,9,15-17H,6-8,10-13H2,1-2H3,(H,23,24)/b22-14+. The lowest BCUT2D eigenvalue weighted by atomic mass is 9.49. The summed E-state index contributed by atoms with van der Waals surface area (Å²) < 4.78 is 5.25. The van der Waals surface area contributed by atoms with Crippen LogP contribution < -0.4 is 10.2 Å². The van der Waals surface area contributed by atoms with E-state index in [1.54, 1.807) is 7.11 Å². The molecular formula is C21H28N2O2. The molecule has 4 heteroatoms. The fraction of sp³-hybridized carbons (Fsp3) is 0.619. The van der Waals surface area contributed by atoms with E-state index in [1.807, 2.05) is 31.2 Å². The van der Waals surface area contributed by atoms with Crippen molar-refractivity contribution in [2.75, 3.05) is 7.11 Å². The molecule has 1 N–H and O–H groups in total. The van der Waals surface area contributed by atoms with Crippen molar-refractivity contribution in [2.24, 2.45) is 28.3 Å². The van der Waals surface area contributed by atoms with Gasteiger partial charge in [-0.2, -0.15) is 5.10 Å². The largest absolute Gasteiger partial charge is 0.497 e. The molecule has 25 heavy (non-hydrogen) atoms. The molecule has 4 aliphatic carbocycles. The van der Waals surface area contributed by atoms with E-state index in [0.29, 0.717) is 6.42 Å². The van der Waals surface area contributed by atoms with Gasteiger partial charge in [0.2, 0.25) is 5.91 Å². The molecule has 0 unspecified atom stereocenters. The average Bonchev–Trinajstić information content (AvgIpc) is 2.58. The summed E-state index contributed by atoms with van der Waals surface area (Å²) in [4.78, 5) is 12.5. The number of carbonyl (C=O) groups is 1. The third-order valence-corrected chi connectivity index (χ3v) is 6.54. The summed E-state index contributed by atoms with van der Waals surface area (Å²) in [6.07, 6.45) is 8.64. The van der Waals surface area contributed by atoms with Crippen molar-refractivity contribution >= 4 is 11.6 Å². The summed E-state index contributed by atoms with van der Waals surface area (Å²) >= 11 is 0. The number of benzene rings is 1. The van der Waals surface area contributed by atoms with Gasteiger partial charge in [0.25, 0.3) is 0 Å². The predicted octanol–water partition coefficient (Wildman–Crippen LogP) is 4.14. The van der Waals surface area contributed by atoms with Crippen LogP contribution in [0.1, 0.15) is 57.4 Å². The third-order valence-electron chi connectivity index (χ3n) is 6.54. The fourth-order valence-corrected chi connectivity index (χ4v) is 5.95. The topological polar surface area (TPSA) is 50.7 Å². The molecule has 1 amide bonds. The van der Waals surface area contributed by atoms with Gasteiger partial charge in [0.15, 0.2) is 0 Å². The molecule has 4 bridgehead atoms. The van der Waals surface area contributed by atoms with Gasteiger partial charge in [-0.15, -0.1) is 0 Å². The highest BCUT2D eigenvalue weighted by molar-refractivity contribution is 5.99. The fourth-order valence-electron chi connectivity index (χ4n) is 5.95. The first-order valence-electron chi connectivity index (χ1n) is 9.53. The van der Waals surface area contributed by atoms with Crippen LogP contribution in [-0.2, 0) is 4.79 Å². The van der Waals surface area contributed by atoms with Gasteiger partial charge in [-0.1, -0.05) is 12.1 Å². The van der Waals surface area contributed by atoms with Crippen molar-refractivity contribution in [3.8, 4) is 5.75 Å². The van der Waals surface area contributed by atoms with Crippen molar-refractivity contribution < 1.29 is 9.53 Å². The van der Waals surface area contributed by atoms with Crippen LogP contribution in [-0.4, -0.2) is 18.7 Å². The Morgan fingerprint density at radius 3 is 2.44 bits per heavy atom. The van der Waals surface area contributed by atoms with Gasteiger partial charge in [0, 0.05) is 12.0 Å². The smallest absolute Gasteiger partial charge is 0.240 e. The molecule has 4 saturated carbocycles. The van der Waals surface area contributed by atoms with E-state index in [9.17, 15) is 4.79 Å². The molecule has 0 saturated heterocycles. The SMILES string of the molecule is COc1cccc(/C(C)=N/NC(=O)CC23CC4CC(CC(C4)C2)C3)c1. The molecule has 1 aromatic carbocycles. The Bertz CT molecular complexity index is 660. The van der Waals surface area contributed by atoms with Crippen LogP contribution in [0.4, 0.5) is 0 Å². The Kier molecular flexibility index (Phi) is 4.30. The van der Waals surface area contributed by atoms with E-state index >= 15 is 0 Å². The number of amides is 1. The van der Waals surface area contributed by atoms with E-state index < -0.39 is 0 Å². The number of nitrogens with zero attached hydrogens (tertiary/aromatic N) is 1. The minimum absolute atomic E-state index is 0.0733. The molecule has 0 aliphatic heterocycles. The van der Waals surface area contributed by atoms with Gasteiger partial charge in [-0.3, -0.25) is 4.79 Å². The normalized spacial score (nSPS) is 33.4. The van der Waals surface area contributed by atoms with Crippen molar-refractivity contribution in [1.29, 1.82) is 0 Å². The first-order chi connectivity index (χ1) is 12.0.